The second kappa shape index (κ2) is 35.3. The summed E-state index contributed by atoms with van der Waals surface area (Å²) in [6.45, 7) is 3.62. The van der Waals surface area contributed by atoms with Crippen LogP contribution < -0.4 is 5.32 Å². The Bertz CT molecular complexity index is 1030. The zero-order chi connectivity index (χ0) is 39.5. The molecular weight excluding hydrogens is 682 g/mol. The van der Waals surface area contributed by atoms with Crippen LogP contribution in [0.4, 0.5) is 0 Å². The van der Waals surface area contributed by atoms with Crippen LogP contribution >= 0.6 is 0 Å². The number of ether oxygens (including phenoxy) is 2. The van der Waals surface area contributed by atoms with E-state index < -0.39 is 49.5 Å². The van der Waals surface area contributed by atoms with Crippen LogP contribution in [0.1, 0.15) is 162 Å². The molecule has 1 heterocycles. The fourth-order valence-corrected chi connectivity index (χ4v) is 6.38. The van der Waals surface area contributed by atoms with E-state index in [0.717, 1.165) is 77.0 Å². The Balaban J connectivity index is 2.43. The molecule has 7 atom stereocenters. The van der Waals surface area contributed by atoms with Crippen molar-refractivity contribution in [1.29, 1.82) is 0 Å². The Kier molecular flexibility index (Phi) is 32.6. The molecule has 0 aromatic rings. The molecule has 0 spiro atoms. The van der Waals surface area contributed by atoms with Crippen molar-refractivity contribution < 1.29 is 39.8 Å². The van der Waals surface area contributed by atoms with E-state index in [-0.39, 0.29) is 12.5 Å². The number of amides is 1. The van der Waals surface area contributed by atoms with E-state index in [4.69, 9.17) is 9.47 Å². The van der Waals surface area contributed by atoms with Crippen molar-refractivity contribution in [3.63, 3.8) is 0 Å². The first kappa shape index (κ1) is 49.9. The van der Waals surface area contributed by atoms with Crippen LogP contribution in [0, 0.1) is 0 Å². The van der Waals surface area contributed by atoms with Crippen molar-refractivity contribution in [2.75, 3.05) is 13.2 Å². The Morgan fingerprint density at radius 1 is 0.648 bits per heavy atom. The van der Waals surface area contributed by atoms with Crippen molar-refractivity contribution in [3.05, 3.63) is 60.8 Å². The lowest BCUT2D eigenvalue weighted by atomic mass is 9.99. The zero-order valence-corrected chi connectivity index (χ0v) is 34.0. The standard InChI is InChI=1S/C45H79NO8/c1-3-5-7-9-11-13-15-17-19-20-21-23-25-27-29-31-33-35-41(49)46-38(37-53-45-44(52)43(51)42(50)40(36-47)54-45)39(48)34-32-30-28-26-24-22-18-16-14-12-10-8-6-4-2/h5,7,11,13,17,19,21,23,32,34,38-40,42-45,47-48,50-52H,3-4,6,8-10,12,14-16,18,20,22,24-31,33,35-37H2,1-2H3,(H,46,49)/b7-5-,13-11-,19-17-,23-21-,34-32+. The average Bonchev–Trinajstić information content (AvgIpc) is 3.17. The molecule has 0 aromatic carbocycles. The maximum atomic E-state index is 12.9. The van der Waals surface area contributed by atoms with Crippen molar-refractivity contribution >= 4 is 5.91 Å². The monoisotopic (exact) mass is 762 g/mol. The van der Waals surface area contributed by atoms with E-state index in [0.29, 0.717) is 6.42 Å². The molecule has 1 saturated heterocycles. The van der Waals surface area contributed by atoms with Crippen LogP contribution in [0.2, 0.25) is 0 Å². The number of unbranched alkanes of at least 4 members (excludes halogenated alkanes) is 16. The van der Waals surface area contributed by atoms with Gasteiger partial charge < -0.3 is 40.3 Å². The molecule has 1 amide bonds. The molecule has 9 nitrogen and oxygen atoms in total. The van der Waals surface area contributed by atoms with E-state index >= 15 is 0 Å². The van der Waals surface area contributed by atoms with Gasteiger partial charge in [-0.15, -0.1) is 0 Å². The maximum Gasteiger partial charge on any atom is 0.220 e. The summed E-state index contributed by atoms with van der Waals surface area (Å²) in [4.78, 5) is 12.9. The molecular formula is C45H79NO8. The number of rotatable bonds is 34. The summed E-state index contributed by atoms with van der Waals surface area (Å²) in [6.07, 6.45) is 38.2. The normalized spacial score (nSPS) is 22.1. The second-order valence-electron chi connectivity index (χ2n) is 14.8. The van der Waals surface area contributed by atoms with Gasteiger partial charge in [-0.1, -0.05) is 158 Å². The number of aliphatic hydroxyl groups excluding tert-OH is 5. The van der Waals surface area contributed by atoms with Gasteiger partial charge in [0.05, 0.1) is 25.4 Å². The van der Waals surface area contributed by atoms with Gasteiger partial charge in [-0.25, -0.2) is 0 Å². The highest BCUT2D eigenvalue weighted by Crippen LogP contribution is 2.22. The first-order valence-electron chi connectivity index (χ1n) is 21.5. The third-order valence-electron chi connectivity index (χ3n) is 9.85. The summed E-state index contributed by atoms with van der Waals surface area (Å²) < 4.78 is 11.2. The summed E-state index contributed by atoms with van der Waals surface area (Å²) in [5, 5.41) is 54.1. The molecule has 1 rings (SSSR count). The molecule has 54 heavy (non-hydrogen) atoms. The zero-order valence-electron chi connectivity index (χ0n) is 34.0. The summed E-state index contributed by atoms with van der Waals surface area (Å²) in [7, 11) is 0. The second-order valence-corrected chi connectivity index (χ2v) is 14.8. The lowest BCUT2D eigenvalue weighted by molar-refractivity contribution is -0.302. The van der Waals surface area contributed by atoms with Crippen molar-refractivity contribution in [2.24, 2.45) is 0 Å². The molecule has 1 aliphatic heterocycles. The maximum absolute atomic E-state index is 12.9. The molecule has 6 N–H and O–H groups in total. The van der Waals surface area contributed by atoms with E-state index in [1.54, 1.807) is 6.08 Å². The highest BCUT2D eigenvalue weighted by atomic mass is 16.7. The number of allylic oxidation sites excluding steroid dienone is 9. The van der Waals surface area contributed by atoms with Crippen LogP contribution in [-0.4, -0.2) is 87.5 Å². The number of carbonyl (C=O) groups is 1. The number of hydrogen-bond donors (Lipinski definition) is 6. The Morgan fingerprint density at radius 2 is 1.15 bits per heavy atom. The molecule has 0 aliphatic carbocycles. The molecule has 0 aromatic heterocycles. The van der Waals surface area contributed by atoms with Crippen LogP contribution in [0.5, 0.6) is 0 Å². The van der Waals surface area contributed by atoms with Gasteiger partial charge in [0.2, 0.25) is 5.91 Å². The van der Waals surface area contributed by atoms with Gasteiger partial charge in [0.1, 0.15) is 24.4 Å². The topological polar surface area (TPSA) is 149 Å². The molecule has 1 fully saturated rings. The van der Waals surface area contributed by atoms with Crippen molar-refractivity contribution in [3.8, 4) is 0 Å². The van der Waals surface area contributed by atoms with E-state index in [2.05, 4.69) is 67.8 Å². The lowest BCUT2D eigenvalue weighted by Crippen LogP contribution is -2.60. The Labute approximate surface area is 328 Å². The summed E-state index contributed by atoms with van der Waals surface area (Å²) in [6, 6.07) is -0.818. The van der Waals surface area contributed by atoms with Crippen LogP contribution in [0.25, 0.3) is 0 Å². The van der Waals surface area contributed by atoms with Crippen LogP contribution in [0.15, 0.2) is 60.8 Å². The predicted octanol–water partition coefficient (Wildman–Crippen LogP) is 8.44. The fraction of sp³-hybridized carbons (Fsp3) is 0.756. The highest BCUT2D eigenvalue weighted by Gasteiger charge is 2.44. The van der Waals surface area contributed by atoms with Gasteiger partial charge in [-0.05, 0) is 57.8 Å². The van der Waals surface area contributed by atoms with Gasteiger partial charge in [0.25, 0.3) is 0 Å². The molecule has 0 saturated carbocycles. The lowest BCUT2D eigenvalue weighted by Gasteiger charge is -2.40. The first-order valence-corrected chi connectivity index (χ1v) is 21.5. The summed E-state index contributed by atoms with van der Waals surface area (Å²) >= 11 is 0. The van der Waals surface area contributed by atoms with Gasteiger partial charge in [0, 0.05) is 6.42 Å². The third kappa shape index (κ3) is 25.9. The van der Waals surface area contributed by atoms with Crippen molar-refractivity contribution in [1.82, 2.24) is 5.32 Å². The average molecular weight is 762 g/mol. The molecule has 7 unspecified atom stereocenters. The minimum atomic E-state index is -1.57. The Hall–Kier alpha value is -2.11. The minimum Gasteiger partial charge on any atom is -0.394 e. The SMILES string of the molecule is CC/C=C\C/C=C\C/C=C\C/C=C\CCCCCCC(=O)NC(COC1OC(CO)C(O)C(O)C1O)C(O)/C=C/CCCCCCCCCCCCCC. The van der Waals surface area contributed by atoms with Crippen LogP contribution in [-0.2, 0) is 14.3 Å². The molecule has 312 valence electrons. The number of hydrogen-bond acceptors (Lipinski definition) is 8. The number of aliphatic hydroxyl groups is 5. The van der Waals surface area contributed by atoms with Crippen LogP contribution in [0.3, 0.4) is 0 Å². The predicted molar refractivity (Wildman–Crippen MR) is 221 cm³/mol. The molecule has 9 heteroatoms. The third-order valence-corrected chi connectivity index (χ3v) is 9.85. The molecule has 0 radical (unpaired) electrons. The van der Waals surface area contributed by atoms with E-state index in [9.17, 15) is 30.3 Å². The fourth-order valence-electron chi connectivity index (χ4n) is 6.38. The number of nitrogens with one attached hydrogen (secondary N) is 1. The molecule has 0 bridgehead atoms. The quantitative estimate of drug-likeness (QED) is 0.0283. The van der Waals surface area contributed by atoms with Crippen molar-refractivity contribution in [2.45, 2.75) is 204 Å². The van der Waals surface area contributed by atoms with Gasteiger partial charge in [-0.2, -0.15) is 0 Å². The highest BCUT2D eigenvalue weighted by molar-refractivity contribution is 5.76. The van der Waals surface area contributed by atoms with Gasteiger partial charge in [0.15, 0.2) is 6.29 Å². The van der Waals surface area contributed by atoms with E-state index in [1.807, 2.05) is 6.08 Å². The largest absolute Gasteiger partial charge is 0.394 e. The smallest absolute Gasteiger partial charge is 0.220 e. The van der Waals surface area contributed by atoms with Gasteiger partial charge in [-0.3, -0.25) is 4.79 Å². The van der Waals surface area contributed by atoms with Gasteiger partial charge >= 0.3 is 0 Å². The number of carbonyl (C=O) groups excluding carboxylic acids is 1. The minimum absolute atomic E-state index is 0.201. The van der Waals surface area contributed by atoms with E-state index in [1.165, 1.54) is 64.2 Å². The first-order chi connectivity index (χ1) is 26.3. The Morgan fingerprint density at radius 3 is 1.70 bits per heavy atom. The summed E-state index contributed by atoms with van der Waals surface area (Å²) in [5.74, 6) is -0.204. The molecule has 1 aliphatic rings. The summed E-state index contributed by atoms with van der Waals surface area (Å²) in [5.41, 5.74) is 0.